The highest BCUT2D eigenvalue weighted by molar-refractivity contribution is 5.93. The number of amides is 2. The maximum atomic E-state index is 13.4. The third-order valence-corrected chi connectivity index (χ3v) is 7.31. The highest BCUT2D eigenvalue weighted by Crippen LogP contribution is 2.33. The first-order valence-corrected chi connectivity index (χ1v) is 11.6. The summed E-state index contributed by atoms with van der Waals surface area (Å²) in [6.07, 6.45) is 8.24. The van der Waals surface area contributed by atoms with Gasteiger partial charge in [-0.2, -0.15) is 0 Å². The quantitative estimate of drug-likeness (QED) is 0.798. The van der Waals surface area contributed by atoms with Crippen molar-refractivity contribution in [1.29, 1.82) is 0 Å². The number of carboxylic acid groups (broad SMARTS) is 1. The Morgan fingerprint density at radius 2 is 1.77 bits per heavy atom. The lowest BCUT2D eigenvalue weighted by Crippen LogP contribution is -2.54. The van der Waals surface area contributed by atoms with Crippen molar-refractivity contribution in [2.24, 2.45) is 5.92 Å². The molecule has 1 aromatic rings. The molecule has 1 saturated heterocycles. The third-order valence-electron chi connectivity index (χ3n) is 7.31. The van der Waals surface area contributed by atoms with Gasteiger partial charge in [0.15, 0.2) is 0 Å². The van der Waals surface area contributed by atoms with Crippen LogP contribution in [0.2, 0.25) is 0 Å². The minimum atomic E-state index is -0.702. The van der Waals surface area contributed by atoms with Gasteiger partial charge in [-0.3, -0.25) is 9.69 Å². The molecule has 1 N–H and O–H groups in total. The molecule has 1 aliphatic carbocycles. The third kappa shape index (κ3) is 4.80. The highest BCUT2D eigenvalue weighted by atomic mass is 16.4. The molecule has 30 heavy (non-hydrogen) atoms. The van der Waals surface area contributed by atoms with Crippen molar-refractivity contribution in [2.75, 3.05) is 38.1 Å². The number of likely N-dealkylation sites (N-methyl/N-ethyl adjacent to an activating group) is 1. The van der Waals surface area contributed by atoms with Crippen molar-refractivity contribution in [1.82, 2.24) is 9.80 Å². The van der Waals surface area contributed by atoms with Crippen molar-refractivity contribution < 1.29 is 14.7 Å². The van der Waals surface area contributed by atoms with Gasteiger partial charge in [-0.15, -0.1) is 0 Å². The molecule has 2 amide bonds. The van der Waals surface area contributed by atoms with E-state index in [0.717, 1.165) is 83.2 Å². The van der Waals surface area contributed by atoms with Crippen LogP contribution in [-0.4, -0.2) is 66.2 Å². The molecule has 0 unspecified atom stereocenters. The van der Waals surface area contributed by atoms with Gasteiger partial charge in [0.1, 0.15) is 0 Å². The van der Waals surface area contributed by atoms with E-state index < -0.39 is 5.97 Å². The number of carbonyl (C=O) groups excluding carboxylic acids is 1. The van der Waals surface area contributed by atoms with Crippen LogP contribution in [0.4, 0.5) is 10.5 Å². The number of nitrogens with zero attached hydrogens (tertiary/aromatic N) is 3. The van der Waals surface area contributed by atoms with Gasteiger partial charge in [-0.25, -0.2) is 4.79 Å². The zero-order chi connectivity index (χ0) is 21.1. The summed E-state index contributed by atoms with van der Waals surface area (Å²) in [5.74, 6) is -0.206. The second kappa shape index (κ2) is 9.38. The van der Waals surface area contributed by atoms with E-state index in [1.54, 1.807) is 0 Å². The van der Waals surface area contributed by atoms with Crippen molar-refractivity contribution in [3.63, 3.8) is 0 Å². The number of carbonyl (C=O) groups is 2. The molecule has 0 aromatic heterocycles. The number of rotatable bonds is 5. The molecule has 0 atom stereocenters. The molecule has 6 nitrogen and oxygen atoms in total. The first kappa shape index (κ1) is 21.2. The molecule has 6 heteroatoms. The van der Waals surface area contributed by atoms with Crippen molar-refractivity contribution >= 4 is 17.7 Å². The van der Waals surface area contributed by atoms with Gasteiger partial charge in [0.05, 0.1) is 0 Å². The molecule has 164 valence electrons. The molecule has 2 heterocycles. The maximum absolute atomic E-state index is 13.4. The Labute approximate surface area is 179 Å². The first-order valence-electron chi connectivity index (χ1n) is 11.6. The lowest BCUT2D eigenvalue weighted by atomic mass is 9.82. The van der Waals surface area contributed by atoms with E-state index in [1.165, 1.54) is 11.1 Å². The summed E-state index contributed by atoms with van der Waals surface area (Å²) in [5.41, 5.74) is 3.85. The molecule has 0 spiro atoms. The molecule has 1 saturated carbocycles. The van der Waals surface area contributed by atoms with E-state index in [9.17, 15) is 9.59 Å². The molecule has 2 fully saturated rings. The lowest BCUT2D eigenvalue weighted by Gasteiger charge is -2.42. The molecule has 2 aliphatic heterocycles. The van der Waals surface area contributed by atoms with E-state index in [0.29, 0.717) is 12.0 Å². The SMILES string of the molecule is CN1CCc2ccc(N3CCCN([C@H]4CC[C@H](CCC(=O)O)CC4)C3=O)cc2CC1. The number of benzene rings is 1. The molecule has 1 aromatic carbocycles. The number of anilines is 1. The Bertz CT molecular complexity index is 773. The Morgan fingerprint density at radius 1 is 1.03 bits per heavy atom. The number of hydrogen-bond acceptors (Lipinski definition) is 3. The monoisotopic (exact) mass is 413 g/mol. The van der Waals surface area contributed by atoms with Crippen LogP contribution < -0.4 is 4.90 Å². The van der Waals surface area contributed by atoms with Crippen molar-refractivity contribution in [3.8, 4) is 0 Å². The Hall–Kier alpha value is -2.08. The van der Waals surface area contributed by atoms with Crippen LogP contribution in [0.15, 0.2) is 18.2 Å². The molecular formula is C24H35N3O3. The number of fused-ring (bicyclic) bond motifs is 1. The summed E-state index contributed by atoms with van der Waals surface area (Å²) in [5, 5.41) is 8.91. The van der Waals surface area contributed by atoms with Gasteiger partial charge in [-0.1, -0.05) is 6.07 Å². The number of carboxylic acids is 1. The van der Waals surface area contributed by atoms with Crippen LogP contribution in [0.3, 0.4) is 0 Å². The fourth-order valence-electron chi connectivity index (χ4n) is 5.39. The van der Waals surface area contributed by atoms with Gasteiger partial charge in [-0.05, 0) is 87.6 Å². The maximum Gasteiger partial charge on any atom is 0.324 e. The number of urea groups is 1. The summed E-state index contributed by atoms with van der Waals surface area (Å²) >= 11 is 0. The number of aliphatic carboxylic acids is 1. The zero-order valence-electron chi connectivity index (χ0n) is 18.2. The summed E-state index contributed by atoms with van der Waals surface area (Å²) in [7, 11) is 2.18. The molecule has 4 rings (SSSR count). The first-order chi connectivity index (χ1) is 14.5. The van der Waals surface area contributed by atoms with Gasteiger partial charge < -0.3 is 14.9 Å². The van der Waals surface area contributed by atoms with E-state index >= 15 is 0 Å². The molecular weight excluding hydrogens is 378 g/mol. The fraction of sp³-hybridized carbons (Fsp3) is 0.667. The zero-order valence-corrected chi connectivity index (χ0v) is 18.2. The Kier molecular flexibility index (Phi) is 6.61. The average Bonchev–Trinajstić information content (AvgIpc) is 2.94. The fourth-order valence-corrected chi connectivity index (χ4v) is 5.39. The summed E-state index contributed by atoms with van der Waals surface area (Å²) in [6.45, 7) is 3.80. The van der Waals surface area contributed by atoms with Crippen LogP contribution in [0.25, 0.3) is 0 Å². The van der Waals surface area contributed by atoms with Gasteiger partial charge in [0.25, 0.3) is 0 Å². The van der Waals surface area contributed by atoms with Gasteiger partial charge in [0, 0.05) is 44.3 Å². The lowest BCUT2D eigenvalue weighted by molar-refractivity contribution is -0.137. The van der Waals surface area contributed by atoms with Gasteiger partial charge in [0.2, 0.25) is 0 Å². The molecule has 0 bridgehead atoms. The molecule has 3 aliphatic rings. The Morgan fingerprint density at radius 3 is 2.50 bits per heavy atom. The van der Waals surface area contributed by atoms with E-state index in [2.05, 4.69) is 35.0 Å². The van der Waals surface area contributed by atoms with Gasteiger partial charge >= 0.3 is 12.0 Å². The van der Waals surface area contributed by atoms with E-state index in [4.69, 9.17) is 5.11 Å². The predicted molar refractivity (Wildman–Crippen MR) is 118 cm³/mol. The number of hydrogen-bond donors (Lipinski definition) is 1. The van der Waals surface area contributed by atoms with Crippen LogP contribution >= 0.6 is 0 Å². The topological polar surface area (TPSA) is 64.1 Å². The largest absolute Gasteiger partial charge is 0.481 e. The van der Waals surface area contributed by atoms with Crippen LogP contribution in [-0.2, 0) is 17.6 Å². The van der Waals surface area contributed by atoms with Crippen LogP contribution in [0, 0.1) is 5.92 Å². The summed E-state index contributed by atoms with van der Waals surface area (Å²) in [6, 6.07) is 7.06. The minimum absolute atomic E-state index is 0.154. The van der Waals surface area contributed by atoms with Crippen molar-refractivity contribution in [2.45, 2.75) is 63.8 Å². The second-order valence-electron chi connectivity index (χ2n) is 9.34. The predicted octanol–water partition coefficient (Wildman–Crippen LogP) is 3.77. The smallest absolute Gasteiger partial charge is 0.324 e. The summed E-state index contributed by atoms with van der Waals surface area (Å²) in [4.78, 5) is 30.7. The van der Waals surface area contributed by atoms with E-state index in [1.807, 2.05) is 4.90 Å². The van der Waals surface area contributed by atoms with Crippen molar-refractivity contribution in [3.05, 3.63) is 29.3 Å². The average molecular weight is 414 g/mol. The second-order valence-corrected chi connectivity index (χ2v) is 9.34. The van der Waals surface area contributed by atoms with Crippen LogP contribution in [0.5, 0.6) is 0 Å². The Balaban J connectivity index is 1.40. The summed E-state index contributed by atoms with van der Waals surface area (Å²) < 4.78 is 0. The minimum Gasteiger partial charge on any atom is -0.481 e. The highest BCUT2D eigenvalue weighted by Gasteiger charge is 2.34. The normalized spacial score (nSPS) is 25.7. The molecule has 0 radical (unpaired) electrons. The van der Waals surface area contributed by atoms with Crippen LogP contribution in [0.1, 0.15) is 56.1 Å². The standard InChI is InChI=1S/C24H35N3O3/c1-25-15-11-19-6-9-22(17-20(19)12-16-25)27-14-2-13-26(24(27)30)21-7-3-18(4-8-21)5-10-23(28)29/h6,9,17-18,21H,2-5,7-8,10-16H2,1H3,(H,28,29)/t18-,21-. The van der Waals surface area contributed by atoms with E-state index in [-0.39, 0.29) is 12.5 Å².